The fourth-order valence-electron chi connectivity index (χ4n) is 1.34. The predicted molar refractivity (Wildman–Crippen MR) is 66.9 cm³/mol. The lowest BCUT2D eigenvalue weighted by molar-refractivity contribution is 0.247. The van der Waals surface area contributed by atoms with Crippen molar-refractivity contribution in [3.63, 3.8) is 0 Å². The molecule has 0 saturated carbocycles. The predicted octanol–water partition coefficient (Wildman–Crippen LogP) is 2.78. The minimum atomic E-state index is -0.750. The molecule has 3 nitrogen and oxygen atoms in total. The third-order valence-corrected chi connectivity index (χ3v) is 2.14. The Morgan fingerprint density at radius 2 is 1.12 bits per heavy atom. The molecule has 4 heteroatoms. The van der Waals surface area contributed by atoms with Gasteiger partial charge in [-0.05, 0) is 24.3 Å². The van der Waals surface area contributed by atoms with E-state index < -0.39 is 7.32 Å². The van der Waals surface area contributed by atoms with Crippen LogP contribution >= 0.6 is 0 Å². The van der Waals surface area contributed by atoms with E-state index in [2.05, 4.69) is 0 Å². The van der Waals surface area contributed by atoms with Crippen LogP contribution in [-0.2, 0) is 4.65 Å². The smallest absolute Gasteiger partial charge is 0.501 e. The third-order valence-electron chi connectivity index (χ3n) is 2.14. The minimum absolute atomic E-state index is 0.704. The van der Waals surface area contributed by atoms with Gasteiger partial charge >= 0.3 is 7.32 Å². The average molecular weight is 228 g/mol. The first-order chi connectivity index (χ1) is 8.38. The van der Waals surface area contributed by atoms with Gasteiger partial charge in [0.1, 0.15) is 11.5 Å². The molecular formula is C13H13BO3. The van der Waals surface area contributed by atoms with Gasteiger partial charge in [0.15, 0.2) is 0 Å². The zero-order valence-corrected chi connectivity index (χ0v) is 9.58. The lowest BCUT2D eigenvalue weighted by Gasteiger charge is -2.13. The normalized spacial score (nSPS) is 9.71. The molecule has 17 heavy (non-hydrogen) atoms. The molecule has 0 aliphatic rings. The van der Waals surface area contributed by atoms with Crippen LogP contribution in [0, 0.1) is 0 Å². The summed E-state index contributed by atoms with van der Waals surface area (Å²) in [6, 6.07) is 18.8. The van der Waals surface area contributed by atoms with Crippen molar-refractivity contribution < 1.29 is 14.0 Å². The zero-order chi connectivity index (χ0) is 11.9. The summed E-state index contributed by atoms with van der Waals surface area (Å²) in [6.07, 6.45) is 0. The van der Waals surface area contributed by atoms with Gasteiger partial charge in [0.2, 0.25) is 0 Å². The average Bonchev–Trinajstić information content (AvgIpc) is 2.40. The Kier molecular flexibility index (Phi) is 4.05. The molecule has 0 bridgehead atoms. The van der Waals surface area contributed by atoms with Crippen molar-refractivity contribution in [2.75, 3.05) is 7.11 Å². The van der Waals surface area contributed by atoms with Crippen LogP contribution in [-0.4, -0.2) is 14.4 Å². The summed E-state index contributed by atoms with van der Waals surface area (Å²) in [5.74, 6) is 1.41. The first kappa shape index (κ1) is 11.5. The van der Waals surface area contributed by atoms with Gasteiger partial charge < -0.3 is 14.0 Å². The molecule has 86 valence electrons. The number of benzene rings is 2. The van der Waals surface area contributed by atoms with Crippen molar-refractivity contribution in [3.05, 3.63) is 60.7 Å². The molecule has 2 rings (SSSR count). The standard InChI is InChI=1S/C13H13BO3/c1-15-14(16-12-8-4-2-5-9-12)17-13-10-6-3-7-11-13/h2-11H,1H3. The maximum absolute atomic E-state index is 5.52. The van der Waals surface area contributed by atoms with Gasteiger partial charge in [0.25, 0.3) is 0 Å². The molecule has 0 radical (unpaired) electrons. The van der Waals surface area contributed by atoms with E-state index in [0.717, 1.165) is 0 Å². The van der Waals surface area contributed by atoms with E-state index in [9.17, 15) is 0 Å². The Labute approximate surface area is 101 Å². The molecule has 2 aromatic carbocycles. The minimum Gasteiger partial charge on any atom is -0.501 e. The van der Waals surface area contributed by atoms with Crippen molar-refractivity contribution in [2.45, 2.75) is 0 Å². The van der Waals surface area contributed by atoms with Crippen LogP contribution in [0.3, 0.4) is 0 Å². The lowest BCUT2D eigenvalue weighted by atomic mass is 10.2. The Hall–Kier alpha value is -1.94. The van der Waals surface area contributed by atoms with Gasteiger partial charge in [-0.1, -0.05) is 36.4 Å². The van der Waals surface area contributed by atoms with E-state index in [1.807, 2.05) is 60.7 Å². The second-order valence-electron chi connectivity index (χ2n) is 3.39. The quantitative estimate of drug-likeness (QED) is 0.736. The molecule has 0 aliphatic heterocycles. The van der Waals surface area contributed by atoms with E-state index in [0.29, 0.717) is 11.5 Å². The largest absolute Gasteiger partial charge is 0.787 e. The molecule has 0 spiro atoms. The molecule has 0 fully saturated rings. The lowest BCUT2D eigenvalue weighted by Crippen LogP contribution is -2.32. The van der Waals surface area contributed by atoms with Crippen LogP contribution in [0.25, 0.3) is 0 Å². The molecular weight excluding hydrogens is 215 g/mol. The maximum Gasteiger partial charge on any atom is 0.787 e. The molecule has 0 heterocycles. The van der Waals surface area contributed by atoms with Gasteiger partial charge in [-0.2, -0.15) is 0 Å². The zero-order valence-electron chi connectivity index (χ0n) is 9.58. The Bertz CT molecular complexity index is 391. The highest BCUT2D eigenvalue weighted by Crippen LogP contribution is 2.14. The number of para-hydroxylation sites is 2. The topological polar surface area (TPSA) is 27.7 Å². The molecule has 0 aromatic heterocycles. The molecule has 0 saturated heterocycles. The summed E-state index contributed by atoms with van der Waals surface area (Å²) < 4.78 is 16.2. The van der Waals surface area contributed by atoms with Crippen molar-refractivity contribution in [1.82, 2.24) is 0 Å². The number of rotatable bonds is 5. The van der Waals surface area contributed by atoms with Gasteiger partial charge in [0, 0.05) is 7.11 Å². The van der Waals surface area contributed by atoms with Crippen molar-refractivity contribution in [2.24, 2.45) is 0 Å². The van der Waals surface area contributed by atoms with Gasteiger partial charge in [-0.25, -0.2) is 0 Å². The molecule has 0 amide bonds. The van der Waals surface area contributed by atoms with E-state index in [1.54, 1.807) is 0 Å². The molecule has 0 N–H and O–H groups in total. The Morgan fingerprint density at radius 3 is 1.47 bits per heavy atom. The van der Waals surface area contributed by atoms with Crippen LogP contribution in [0.2, 0.25) is 0 Å². The van der Waals surface area contributed by atoms with Crippen molar-refractivity contribution in [1.29, 1.82) is 0 Å². The second-order valence-corrected chi connectivity index (χ2v) is 3.39. The van der Waals surface area contributed by atoms with Gasteiger partial charge in [-0.3, -0.25) is 0 Å². The highest BCUT2D eigenvalue weighted by molar-refractivity contribution is 6.38. The van der Waals surface area contributed by atoms with E-state index in [1.165, 1.54) is 7.11 Å². The summed E-state index contributed by atoms with van der Waals surface area (Å²) in [7, 11) is 0.788. The monoisotopic (exact) mass is 228 g/mol. The number of hydrogen-bond acceptors (Lipinski definition) is 3. The summed E-state index contributed by atoms with van der Waals surface area (Å²) in [5, 5.41) is 0. The van der Waals surface area contributed by atoms with E-state index in [4.69, 9.17) is 14.0 Å². The van der Waals surface area contributed by atoms with Crippen LogP contribution in [0.4, 0.5) is 0 Å². The summed E-state index contributed by atoms with van der Waals surface area (Å²) in [6.45, 7) is 0. The fraction of sp³-hybridized carbons (Fsp3) is 0.0769. The molecule has 0 aliphatic carbocycles. The summed E-state index contributed by atoms with van der Waals surface area (Å²) in [4.78, 5) is 0. The second kappa shape index (κ2) is 5.96. The van der Waals surface area contributed by atoms with E-state index in [-0.39, 0.29) is 0 Å². The van der Waals surface area contributed by atoms with Crippen molar-refractivity contribution >= 4 is 7.32 Å². The van der Waals surface area contributed by atoms with E-state index >= 15 is 0 Å². The maximum atomic E-state index is 5.52. The third kappa shape index (κ3) is 3.54. The SMILES string of the molecule is COB(Oc1ccccc1)Oc1ccccc1. The highest BCUT2D eigenvalue weighted by Gasteiger charge is 2.24. The molecule has 2 aromatic rings. The van der Waals surface area contributed by atoms with Crippen LogP contribution < -0.4 is 9.31 Å². The Morgan fingerprint density at radius 1 is 0.706 bits per heavy atom. The number of hydrogen-bond donors (Lipinski definition) is 0. The molecule has 0 atom stereocenters. The Balaban J connectivity index is 1.98. The van der Waals surface area contributed by atoms with Gasteiger partial charge in [0.05, 0.1) is 0 Å². The summed E-state index contributed by atoms with van der Waals surface area (Å²) in [5.41, 5.74) is 0. The van der Waals surface area contributed by atoms with Crippen molar-refractivity contribution in [3.8, 4) is 11.5 Å². The highest BCUT2D eigenvalue weighted by atomic mass is 16.7. The van der Waals surface area contributed by atoms with Crippen LogP contribution in [0.15, 0.2) is 60.7 Å². The van der Waals surface area contributed by atoms with Crippen LogP contribution in [0.5, 0.6) is 11.5 Å². The summed E-state index contributed by atoms with van der Waals surface area (Å²) >= 11 is 0. The van der Waals surface area contributed by atoms with Crippen LogP contribution in [0.1, 0.15) is 0 Å². The first-order valence-corrected chi connectivity index (χ1v) is 5.34. The first-order valence-electron chi connectivity index (χ1n) is 5.34. The molecule has 0 unspecified atom stereocenters. The fourth-order valence-corrected chi connectivity index (χ4v) is 1.34. The van der Waals surface area contributed by atoms with Gasteiger partial charge in [-0.15, -0.1) is 0 Å².